The molecule has 6 heteroatoms. The molecule has 24 heavy (non-hydrogen) atoms. The van der Waals surface area contributed by atoms with Gasteiger partial charge in [0.25, 0.3) is 0 Å². The molecule has 1 N–H and O–H groups in total. The number of aryl methyl sites for hydroxylation is 1. The third kappa shape index (κ3) is 3.36. The number of carboxylic acids is 1. The fourth-order valence-electron chi connectivity index (χ4n) is 3.19. The molecular formula is C18H20ClN3O2. The summed E-state index contributed by atoms with van der Waals surface area (Å²) in [6.45, 7) is 2.88. The van der Waals surface area contributed by atoms with Crippen molar-refractivity contribution in [3.05, 3.63) is 52.3 Å². The number of aromatic nitrogens is 2. The summed E-state index contributed by atoms with van der Waals surface area (Å²) in [5.41, 5.74) is 1.99. The third-order valence-corrected chi connectivity index (χ3v) is 4.59. The van der Waals surface area contributed by atoms with Gasteiger partial charge < -0.3 is 10.0 Å². The molecule has 1 atom stereocenters. The van der Waals surface area contributed by atoms with E-state index in [1.54, 1.807) is 0 Å². The second kappa shape index (κ2) is 7.18. The first-order valence-electron chi connectivity index (χ1n) is 8.21. The van der Waals surface area contributed by atoms with E-state index >= 15 is 0 Å². The molecule has 2 aromatic rings. The van der Waals surface area contributed by atoms with Crippen LogP contribution in [-0.4, -0.2) is 27.6 Å². The predicted molar refractivity (Wildman–Crippen MR) is 93.8 cm³/mol. The summed E-state index contributed by atoms with van der Waals surface area (Å²) in [5, 5.41) is 10.0. The van der Waals surface area contributed by atoms with E-state index in [1.165, 1.54) is 11.8 Å². The van der Waals surface area contributed by atoms with Gasteiger partial charge in [0.15, 0.2) is 0 Å². The summed E-state index contributed by atoms with van der Waals surface area (Å²) >= 11 is 5.98. The maximum atomic E-state index is 11.3. The van der Waals surface area contributed by atoms with Crippen molar-refractivity contribution in [1.29, 1.82) is 0 Å². The Balaban J connectivity index is 1.93. The molecule has 0 saturated carbocycles. The molecule has 2 heterocycles. The van der Waals surface area contributed by atoms with Crippen molar-refractivity contribution < 1.29 is 9.90 Å². The van der Waals surface area contributed by atoms with Crippen LogP contribution in [0, 0.1) is 0 Å². The number of nitrogens with zero attached hydrogens (tertiary/aromatic N) is 3. The van der Waals surface area contributed by atoms with Gasteiger partial charge in [-0.25, -0.2) is 14.8 Å². The van der Waals surface area contributed by atoms with Gasteiger partial charge in [-0.15, -0.1) is 0 Å². The lowest BCUT2D eigenvalue weighted by atomic mass is 10.0. The Kier molecular flexibility index (Phi) is 5.00. The maximum Gasteiger partial charge on any atom is 0.339 e. The van der Waals surface area contributed by atoms with Crippen molar-refractivity contribution in [2.24, 2.45) is 0 Å². The van der Waals surface area contributed by atoms with Crippen LogP contribution >= 0.6 is 11.6 Å². The van der Waals surface area contributed by atoms with E-state index in [4.69, 9.17) is 11.6 Å². The molecule has 5 nitrogen and oxygen atoms in total. The van der Waals surface area contributed by atoms with Crippen molar-refractivity contribution >= 4 is 23.5 Å². The zero-order valence-corrected chi connectivity index (χ0v) is 14.3. The normalized spacial score (nSPS) is 17.2. The monoisotopic (exact) mass is 345 g/mol. The van der Waals surface area contributed by atoms with Gasteiger partial charge in [-0.3, -0.25) is 0 Å². The maximum absolute atomic E-state index is 11.3. The molecule has 126 valence electrons. The standard InChI is InChI=1S/C18H20ClN3O2/c1-2-4-15-14(17(23)24)11-20-18(21-15)22-10-3-5-16(22)12-6-8-13(19)9-7-12/h6-9,11,16H,2-5,10H2,1H3,(H,23,24). The van der Waals surface area contributed by atoms with Gasteiger partial charge in [-0.1, -0.05) is 37.1 Å². The number of benzene rings is 1. The van der Waals surface area contributed by atoms with E-state index in [2.05, 4.69) is 14.9 Å². The van der Waals surface area contributed by atoms with Crippen LogP contribution in [0.15, 0.2) is 30.5 Å². The van der Waals surface area contributed by atoms with Crippen LogP contribution < -0.4 is 4.90 Å². The molecule has 1 aromatic carbocycles. The Bertz CT molecular complexity index is 734. The van der Waals surface area contributed by atoms with E-state index in [0.29, 0.717) is 18.1 Å². The molecule has 3 rings (SSSR count). The highest BCUT2D eigenvalue weighted by atomic mass is 35.5. The van der Waals surface area contributed by atoms with Gasteiger partial charge in [-0.2, -0.15) is 0 Å². The minimum atomic E-state index is -0.972. The van der Waals surface area contributed by atoms with Crippen LogP contribution in [0.5, 0.6) is 0 Å². The SMILES string of the molecule is CCCc1nc(N2CCCC2c2ccc(Cl)cc2)ncc1C(=O)O. The summed E-state index contributed by atoms with van der Waals surface area (Å²) in [5.74, 6) is -0.360. The fraction of sp³-hybridized carbons (Fsp3) is 0.389. The molecular weight excluding hydrogens is 326 g/mol. The molecule has 0 bridgehead atoms. The van der Waals surface area contributed by atoms with Crippen molar-refractivity contribution in [3.8, 4) is 0 Å². The highest BCUT2D eigenvalue weighted by Crippen LogP contribution is 2.35. The summed E-state index contributed by atoms with van der Waals surface area (Å²) in [6, 6.07) is 8.05. The lowest BCUT2D eigenvalue weighted by Crippen LogP contribution is -2.25. The first-order valence-corrected chi connectivity index (χ1v) is 8.59. The van der Waals surface area contributed by atoms with Crippen molar-refractivity contribution in [2.45, 2.75) is 38.6 Å². The summed E-state index contributed by atoms with van der Waals surface area (Å²) in [7, 11) is 0. The molecule has 0 amide bonds. The summed E-state index contributed by atoms with van der Waals surface area (Å²) in [6.07, 6.45) is 5.00. The van der Waals surface area contributed by atoms with E-state index < -0.39 is 5.97 Å². The Morgan fingerprint density at radius 3 is 2.79 bits per heavy atom. The van der Waals surface area contributed by atoms with Gasteiger partial charge in [0.2, 0.25) is 5.95 Å². The van der Waals surface area contributed by atoms with Crippen LogP contribution in [0.4, 0.5) is 5.95 Å². The highest BCUT2D eigenvalue weighted by molar-refractivity contribution is 6.30. The number of aromatic carboxylic acids is 1. The minimum Gasteiger partial charge on any atom is -0.478 e. The molecule has 1 saturated heterocycles. The molecule has 1 aromatic heterocycles. The zero-order chi connectivity index (χ0) is 17.1. The highest BCUT2D eigenvalue weighted by Gasteiger charge is 2.28. The summed E-state index contributed by atoms with van der Waals surface area (Å²) < 4.78 is 0. The van der Waals surface area contributed by atoms with Gasteiger partial charge in [0.05, 0.1) is 17.3 Å². The van der Waals surface area contributed by atoms with E-state index in [-0.39, 0.29) is 11.6 Å². The number of anilines is 1. The lowest BCUT2D eigenvalue weighted by molar-refractivity contribution is 0.0694. The second-order valence-corrected chi connectivity index (χ2v) is 6.42. The van der Waals surface area contributed by atoms with E-state index in [0.717, 1.165) is 30.8 Å². The largest absolute Gasteiger partial charge is 0.478 e. The number of rotatable bonds is 5. The number of carbonyl (C=O) groups is 1. The van der Waals surface area contributed by atoms with Crippen molar-refractivity contribution in [1.82, 2.24) is 9.97 Å². The molecule has 1 fully saturated rings. The molecule has 0 aliphatic carbocycles. The Morgan fingerprint density at radius 1 is 1.38 bits per heavy atom. The quantitative estimate of drug-likeness (QED) is 0.882. The Hall–Kier alpha value is -2.14. The zero-order valence-electron chi connectivity index (χ0n) is 13.6. The van der Waals surface area contributed by atoms with Gasteiger partial charge in [0.1, 0.15) is 0 Å². The third-order valence-electron chi connectivity index (χ3n) is 4.34. The fourth-order valence-corrected chi connectivity index (χ4v) is 3.31. The average molecular weight is 346 g/mol. The minimum absolute atomic E-state index is 0.197. The van der Waals surface area contributed by atoms with E-state index in [9.17, 15) is 9.90 Å². The lowest BCUT2D eigenvalue weighted by Gasteiger charge is -2.25. The first kappa shape index (κ1) is 16.7. The smallest absolute Gasteiger partial charge is 0.339 e. The van der Waals surface area contributed by atoms with Crippen LogP contribution in [-0.2, 0) is 6.42 Å². The first-order chi connectivity index (χ1) is 11.6. The number of halogens is 1. The molecule has 1 aliphatic heterocycles. The predicted octanol–water partition coefficient (Wildman–Crippen LogP) is 4.12. The summed E-state index contributed by atoms with van der Waals surface area (Å²) in [4.78, 5) is 22.4. The Morgan fingerprint density at radius 2 is 2.12 bits per heavy atom. The number of hydrogen-bond donors (Lipinski definition) is 1. The Labute approximate surface area is 146 Å². The average Bonchev–Trinajstić information content (AvgIpc) is 3.05. The van der Waals surface area contributed by atoms with Crippen LogP contribution in [0.2, 0.25) is 5.02 Å². The van der Waals surface area contributed by atoms with Gasteiger partial charge in [0, 0.05) is 17.8 Å². The topological polar surface area (TPSA) is 66.3 Å². The van der Waals surface area contributed by atoms with Crippen LogP contribution in [0.25, 0.3) is 0 Å². The van der Waals surface area contributed by atoms with Gasteiger partial charge in [-0.05, 0) is 37.0 Å². The van der Waals surface area contributed by atoms with Gasteiger partial charge >= 0.3 is 5.97 Å². The van der Waals surface area contributed by atoms with Crippen LogP contribution in [0.3, 0.4) is 0 Å². The number of carboxylic acid groups (broad SMARTS) is 1. The van der Waals surface area contributed by atoms with Crippen molar-refractivity contribution in [3.63, 3.8) is 0 Å². The molecule has 1 aliphatic rings. The molecule has 0 radical (unpaired) electrons. The second-order valence-electron chi connectivity index (χ2n) is 5.99. The van der Waals surface area contributed by atoms with E-state index in [1.807, 2.05) is 31.2 Å². The number of hydrogen-bond acceptors (Lipinski definition) is 4. The van der Waals surface area contributed by atoms with Crippen LogP contribution in [0.1, 0.15) is 53.8 Å². The molecule has 1 unspecified atom stereocenters. The van der Waals surface area contributed by atoms with Crippen molar-refractivity contribution in [2.75, 3.05) is 11.4 Å². The molecule has 0 spiro atoms.